The lowest BCUT2D eigenvalue weighted by atomic mass is 10.3. The fourth-order valence-electron chi connectivity index (χ4n) is 1.90. The third-order valence-electron chi connectivity index (χ3n) is 3.01. The van der Waals surface area contributed by atoms with Gasteiger partial charge in [0.25, 0.3) is 0 Å². The van der Waals surface area contributed by atoms with Gasteiger partial charge in [0.1, 0.15) is 11.6 Å². The molecule has 0 heterocycles. The molecule has 0 aliphatic carbocycles. The smallest absolute Gasteiger partial charge is 0.227 e. The molecular weight excluding hydrogens is 367 g/mol. The summed E-state index contributed by atoms with van der Waals surface area (Å²) in [5, 5.41) is 2.91. The molecule has 0 aromatic heterocycles. The molecule has 0 atom stereocenters. The number of nitrogens with two attached hydrogens (primary N) is 1. The fourth-order valence-corrected chi connectivity index (χ4v) is 2.87. The number of nitrogens with one attached hydrogen (secondary N) is 1. The van der Waals surface area contributed by atoms with Crippen molar-refractivity contribution in [1.82, 2.24) is 0 Å². The number of primary amides is 1. The van der Waals surface area contributed by atoms with Gasteiger partial charge in [-0.3, -0.25) is 9.59 Å². The number of carbonyl (C=O) groups excluding carboxylic acids is 2. The van der Waals surface area contributed by atoms with Crippen molar-refractivity contribution in [3.63, 3.8) is 0 Å². The van der Waals surface area contributed by atoms with E-state index in [2.05, 4.69) is 5.32 Å². The first-order chi connectivity index (χ1) is 12.0. The van der Waals surface area contributed by atoms with Crippen molar-refractivity contribution in [2.75, 3.05) is 17.7 Å². The number of amides is 2. The molecule has 0 spiro atoms. The van der Waals surface area contributed by atoms with E-state index in [1.807, 2.05) is 0 Å². The molecule has 2 rings (SSSR count). The van der Waals surface area contributed by atoms with Crippen molar-refractivity contribution in [3.05, 3.63) is 53.3 Å². The van der Waals surface area contributed by atoms with Crippen LogP contribution in [0.4, 0.5) is 10.1 Å². The quantitative estimate of drug-likeness (QED) is 0.685. The van der Waals surface area contributed by atoms with Gasteiger partial charge in [0.05, 0.1) is 29.5 Å². The molecule has 0 saturated carbocycles. The minimum Gasteiger partial charge on any atom is -0.491 e. The number of para-hydroxylation sites is 1. The van der Waals surface area contributed by atoms with Crippen LogP contribution in [0.1, 0.15) is 6.42 Å². The number of hydrogen-bond acceptors (Lipinski definition) is 4. The van der Waals surface area contributed by atoms with Gasteiger partial charge in [-0.1, -0.05) is 23.7 Å². The van der Waals surface area contributed by atoms with Gasteiger partial charge in [0.15, 0.2) is 0 Å². The van der Waals surface area contributed by atoms with Crippen LogP contribution in [0.3, 0.4) is 0 Å². The molecule has 0 aliphatic heterocycles. The van der Waals surface area contributed by atoms with Gasteiger partial charge in [-0.2, -0.15) is 0 Å². The second-order valence-electron chi connectivity index (χ2n) is 4.97. The summed E-state index contributed by atoms with van der Waals surface area (Å²) in [6, 6.07) is 10.9. The maximum atomic E-state index is 13.0. The monoisotopic (exact) mass is 382 g/mol. The summed E-state index contributed by atoms with van der Waals surface area (Å²) < 4.78 is 18.3. The maximum absolute atomic E-state index is 13.0. The molecule has 2 amide bonds. The Bertz CT molecular complexity index is 773. The molecule has 8 heteroatoms. The largest absolute Gasteiger partial charge is 0.491 e. The molecule has 0 bridgehead atoms. The predicted molar refractivity (Wildman–Crippen MR) is 96.5 cm³/mol. The molecule has 0 aliphatic rings. The summed E-state index contributed by atoms with van der Waals surface area (Å²) in [6.45, 7) is 0.0911. The van der Waals surface area contributed by atoms with E-state index < -0.39 is 11.7 Å². The van der Waals surface area contributed by atoms with Crippen LogP contribution in [0.2, 0.25) is 5.02 Å². The second kappa shape index (κ2) is 9.29. The van der Waals surface area contributed by atoms with Crippen molar-refractivity contribution in [1.29, 1.82) is 0 Å². The second-order valence-corrected chi connectivity index (χ2v) is 6.40. The Hall–Kier alpha value is -2.25. The third-order valence-corrected chi connectivity index (χ3v) is 4.40. The van der Waals surface area contributed by atoms with Gasteiger partial charge in [-0.15, -0.1) is 11.8 Å². The standard InChI is InChI=1S/C17H16ClFN2O3S/c18-12-9-11(19)5-6-14(12)24-8-7-17(23)21-13-3-1-2-4-15(13)25-10-16(20)22/h1-6,9H,7-8,10H2,(H2,20,22)(H,21,23). The van der Waals surface area contributed by atoms with Crippen LogP contribution in [-0.4, -0.2) is 24.2 Å². The van der Waals surface area contributed by atoms with Crippen molar-refractivity contribution in [2.45, 2.75) is 11.3 Å². The summed E-state index contributed by atoms with van der Waals surface area (Å²) in [6.07, 6.45) is 0.0858. The van der Waals surface area contributed by atoms with Crippen molar-refractivity contribution in [2.24, 2.45) is 5.73 Å². The molecular formula is C17H16ClFN2O3S. The lowest BCUT2D eigenvalue weighted by molar-refractivity contribution is -0.117. The number of anilines is 1. The normalized spacial score (nSPS) is 10.3. The molecule has 2 aromatic carbocycles. The molecule has 132 valence electrons. The van der Waals surface area contributed by atoms with Gasteiger partial charge >= 0.3 is 0 Å². The van der Waals surface area contributed by atoms with Gasteiger partial charge in [0.2, 0.25) is 11.8 Å². The molecule has 0 fully saturated rings. The highest BCUT2D eigenvalue weighted by atomic mass is 35.5. The zero-order chi connectivity index (χ0) is 18.2. The first-order valence-corrected chi connectivity index (χ1v) is 8.70. The number of ether oxygens (including phenoxy) is 1. The van der Waals surface area contributed by atoms with Crippen molar-refractivity contribution in [3.8, 4) is 5.75 Å². The van der Waals surface area contributed by atoms with E-state index in [0.717, 1.165) is 11.0 Å². The number of carbonyl (C=O) groups is 2. The zero-order valence-electron chi connectivity index (χ0n) is 13.1. The van der Waals surface area contributed by atoms with E-state index in [4.69, 9.17) is 22.1 Å². The molecule has 0 radical (unpaired) electrons. The van der Waals surface area contributed by atoms with Crippen LogP contribution < -0.4 is 15.8 Å². The van der Waals surface area contributed by atoms with Crippen molar-refractivity contribution < 1.29 is 18.7 Å². The SMILES string of the molecule is NC(=O)CSc1ccccc1NC(=O)CCOc1ccc(F)cc1Cl. The molecule has 5 nitrogen and oxygen atoms in total. The number of benzene rings is 2. The van der Waals surface area contributed by atoms with E-state index in [9.17, 15) is 14.0 Å². The Labute approximate surface area is 153 Å². The predicted octanol–water partition coefficient (Wildman–Crippen LogP) is 3.46. The Kier molecular flexibility index (Phi) is 7.09. The van der Waals surface area contributed by atoms with E-state index in [1.54, 1.807) is 24.3 Å². The fraction of sp³-hybridized carbons (Fsp3) is 0.176. The van der Waals surface area contributed by atoms with Crippen LogP contribution >= 0.6 is 23.4 Å². The van der Waals surface area contributed by atoms with Gasteiger partial charge in [-0.25, -0.2) is 4.39 Å². The molecule has 3 N–H and O–H groups in total. The summed E-state index contributed by atoms with van der Waals surface area (Å²) in [5.74, 6) is -0.714. The van der Waals surface area contributed by atoms with Gasteiger partial charge < -0.3 is 15.8 Å². The van der Waals surface area contributed by atoms with Crippen LogP contribution in [0.15, 0.2) is 47.4 Å². The summed E-state index contributed by atoms with van der Waals surface area (Å²) in [4.78, 5) is 23.7. The van der Waals surface area contributed by atoms with Gasteiger partial charge in [0, 0.05) is 4.90 Å². The van der Waals surface area contributed by atoms with E-state index in [0.29, 0.717) is 11.4 Å². The Morgan fingerprint density at radius 3 is 2.72 bits per heavy atom. The van der Waals surface area contributed by atoms with E-state index in [-0.39, 0.29) is 29.7 Å². The zero-order valence-corrected chi connectivity index (χ0v) is 14.7. The Morgan fingerprint density at radius 2 is 2.00 bits per heavy atom. The highest BCUT2D eigenvalue weighted by molar-refractivity contribution is 8.00. The number of thioether (sulfide) groups is 1. The first kappa shape index (κ1) is 19.1. The van der Waals surface area contributed by atoms with Crippen LogP contribution in [0, 0.1) is 5.82 Å². The topological polar surface area (TPSA) is 81.4 Å². The molecule has 2 aromatic rings. The number of halogens is 2. The summed E-state index contributed by atoms with van der Waals surface area (Å²) >= 11 is 7.10. The lowest BCUT2D eigenvalue weighted by Gasteiger charge is -2.11. The minimum absolute atomic E-state index is 0.0858. The maximum Gasteiger partial charge on any atom is 0.227 e. The summed E-state index contributed by atoms with van der Waals surface area (Å²) in [7, 11) is 0. The van der Waals surface area contributed by atoms with Crippen molar-refractivity contribution >= 4 is 40.9 Å². The van der Waals surface area contributed by atoms with E-state index >= 15 is 0 Å². The number of rotatable bonds is 8. The average molecular weight is 383 g/mol. The molecule has 0 saturated heterocycles. The van der Waals surface area contributed by atoms with Crippen LogP contribution in [-0.2, 0) is 9.59 Å². The highest BCUT2D eigenvalue weighted by Crippen LogP contribution is 2.27. The van der Waals surface area contributed by atoms with E-state index in [1.165, 1.54) is 23.9 Å². The Balaban J connectivity index is 1.87. The highest BCUT2D eigenvalue weighted by Gasteiger charge is 2.09. The van der Waals surface area contributed by atoms with Gasteiger partial charge in [-0.05, 0) is 30.3 Å². The van der Waals surface area contributed by atoms with Crippen LogP contribution in [0.25, 0.3) is 0 Å². The number of hydrogen-bond donors (Lipinski definition) is 2. The molecule has 0 unspecified atom stereocenters. The third kappa shape index (κ3) is 6.28. The molecule has 25 heavy (non-hydrogen) atoms. The minimum atomic E-state index is -0.458. The Morgan fingerprint density at radius 1 is 1.24 bits per heavy atom. The lowest BCUT2D eigenvalue weighted by Crippen LogP contribution is -2.16. The average Bonchev–Trinajstić information content (AvgIpc) is 2.56. The summed E-state index contributed by atoms with van der Waals surface area (Å²) in [5.41, 5.74) is 5.73. The first-order valence-electron chi connectivity index (χ1n) is 7.33. The van der Waals surface area contributed by atoms with Crippen LogP contribution in [0.5, 0.6) is 5.75 Å².